The van der Waals surface area contributed by atoms with Gasteiger partial charge >= 0.3 is 11.8 Å². The molecule has 154 valence electrons. The van der Waals surface area contributed by atoms with Crippen LogP contribution in [0.15, 0.2) is 18.2 Å². The number of carbonyl (C=O) groups excluding carboxylic acids is 4. The van der Waals surface area contributed by atoms with Crippen LogP contribution in [0.2, 0.25) is 0 Å². The fraction of sp³-hybridized carbons (Fsp3) is 0.524. The highest BCUT2D eigenvalue weighted by Crippen LogP contribution is 2.36. The zero-order chi connectivity index (χ0) is 20.5. The lowest BCUT2D eigenvalue weighted by Gasteiger charge is -2.31. The SMILES string of the molecule is NC(=O)C1CCN(C(=O)C(=O)Nc2ccc3c(c2)N(C(=O)C2CC2)CCC3)CC1. The first-order valence-corrected chi connectivity index (χ1v) is 10.3. The molecule has 1 saturated carbocycles. The van der Waals surface area contributed by atoms with Gasteiger partial charge in [-0.2, -0.15) is 0 Å². The molecule has 0 atom stereocenters. The number of nitrogens with zero attached hydrogens (tertiary/aromatic N) is 2. The van der Waals surface area contributed by atoms with Gasteiger partial charge in [0, 0.05) is 42.8 Å². The number of hydrogen-bond acceptors (Lipinski definition) is 4. The monoisotopic (exact) mass is 398 g/mol. The van der Waals surface area contributed by atoms with Crippen molar-refractivity contribution < 1.29 is 19.2 Å². The van der Waals surface area contributed by atoms with E-state index >= 15 is 0 Å². The van der Waals surface area contributed by atoms with E-state index in [4.69, 9.17) is 5.73 Å². The molecule has 0 unspecified atom stereocenters. The largest absolute Gasteiger partial charge is 0.369 e. The number of hydrogen-bond donors (Lipinski definition) is 2. The molecule has 2 aliphatic heterocycles. The first-order chi connectivity index (χ1) is 13.9. The van der Waals surface area contributed by atoms with E-state index < -0.39 is 11.8 Å². The van der Waals surface area contributed by atoms with Crippen LogP contribution < -0.4 is 16.0 Å². The summed E-state index contributed by atoms with van der Waals surface area (Å²) in [6.45, 7) is 1.37. The van der Waals surface area contributed by atoms with Crippen molar-refractivity contribution in [3.63, 3.8) is 0 Å². The third kappa shape index (κ3) is 4.11. The summed E-state index contributed by atoms with van der Waals surface area (Å²) in [5, 5.41) is 2.67. The molecule has 1 aromatic carbocycles. The number of likely N-dealkylation sites (tertiary alicyclic amines) is 1. The van der Waals surface area contributed by atoms with Crippen LogP contribution in [0.5, 0.6) is 0 Å². The van der Waals surface area contributed by atoms with Crippen molar-refractivity contribution in [2.45, 2.75) is 38.5 Å². The Balaban J connectivity index is 1.42. The Kier molecular flexibility index (Phi) is 5.25. The molecule has 2 heterocycles. The van der Waals surface area contributed by atoms with Gasteiger partial charge in [-0.3, -0.25) is 19.2 Å². The fourth-order valence-corrected chi connectivity index (χ4v) is 4.13. The Morgan fingerprint density at radius 3 is 2.34 bits per heavy atom. The van der Waals surface area contributed by atoms with Crippen LogP contribution in [0.4, 0.5) is 11.4 Å². The van der Waals surface area contributed by atoms with E-state index in [1.807, 2.05) is 11.0 Å². The maximum absolute atomic E-state index is 12.6. The number of nitrogens with one attached hydrogen (secondary N) is 1. The average molecular weight is 398 g/mol. The molecule has 8 heteroatoms. The summed E-state index contributed by atoms with van der Waals surface area (Å²) in [7, 11) is 0. The van der Waals surface area contributed by atoms with E-state index in [0.717, 1.165) is 36.9 Å². The van der Waals surface area contributed by atoms with Gasteiger partial charge in [0.2, 0.25) is 11.8 Å². The number of benzene rings is 1. The van der Waals surface area contributed by atoms with Gasteiger partial charge in [-0.25, -0.2) is 0 Å². The average Bonchev–Trinajstić information content (AvgIpc) is 3.57. The number of nitrogens with two attached hydrogens (primary N) is 1. The predicted octanol–water partition coefficient (Wildman–Crippen LogP) is 1.04. The van der Waals surface area contributed by atoms with E-state index in [9.17, 15) is 19.2 Å². The lowest BCUT2D eigenvalue weighted by Crippen LogP contribution is -2.46. The molecular formula is C21H26N4O4. The lowest BCUT2D eigenvalue weighted by atomic mass is 9.96. The van der Waals surface area contributed by atoms with Crippen LogP contribution in [-0.2, 0) is 25.6 Å². The number of rotatable bonds is 3. The molecule has 0 radical (unpaired) electrons. The minimum atomic E-state index is -0.710. The minimum Gasteiger partial charge on any atom is -0.369 e. The van der Waals surface area contributed by atoms with E-state index in [1.165, 1.54) is 4.90 Å². The molecule has 4 rings (SSSR count). The lowest BCUT2D eigenvalue weighted by molar-refractivity contribution is -0.144. The molecular weight excluding hydrogens is 372 g/mol. The Morgan fingerprint density at radius 1 is 0.966 bits per heavy atom. The summed E-state index contributed by atoms with van der Waals surface area (Å²) in [6, 6.07) is 5.48. The first kappa shape index (κ1) is 19.4. The molecule has 3 aliphatic rings. The Morgan fingerprint density at radius 2 is 1.69 bits per heavy atom. The standard InChI is InChI=1S/C21H26N4O4/c22-18(26)14-7-10-24(11-8-14)21(29)19(27)23-16-6-5-13-2-1-9-25(17(13)12-16)20(28)15-3-4-15/h5-6,12,14-15H,1-4,7-11H2,(H2,22,26)(H,23,27). The third-order valence-corrected chi connectivity index (χ3v) is 6.03. The van der Waals surface area contributed by atoms with Crippen LogP contribution in [0.1, 0.15) is 37.7 Å². The van der Waals surface area contributed by atoms with E-state index in [2.05, 4.69) is 5.32 Å². The van der Waals surface area contributed by atoms with Gasteiger partial charge in [-0.05, 0) is 56.2 Å². The molecule has 1 aliphatic carbocycles. The van der Waals surface area contributed by atoms with Crippen molar-refractivity contribution in [2.24, 2.45) is 17.6 Å². The zero-order valence-corrected chi connectivity index (χ0v) is 16.4. The molecule has 0 spiro atoms. The number of fused-ring (bicyclic) bond motifs is 1. The van der Waals surface area contributed by atoms with Gasteiger partial charge in [-0.1, -0.05) is 6.07 Å². The van der Waals surface area contributed by atoms with Gasteiger partial charge in [-0.15, -0.1) is 0 Å². The molecule has 1 aromatic rings. The maximum atomic E-state index is 12.6. The highest BCUT2D eigenvalue weighted by atomic mass is 16.2. The first-order valence-electron chi connectivity index (χ1n) is 10.3. The van der Waals surface area contributed by atoms with Crippen molar-refractivity contribution in [1.82, 2.24) is 4.90 Å². The van der Waals surface area contributed by atoms with E-state index in [-0.39, 0.29) is 23.7 Å². The molecule has 3 N–H and O–H groups in total. The minimum absolute atomic E-state index is 0.129. The smallest absolute Gasteiger partial charge is 0.313 e. The maximum Gasteiger partial charge on any atom is 0.313 e. The van der Waals surface area contributed by atoms with Gasteiger partial charge in [0.05, 0.1) is 0 Å². The number of amides is 4. The van der Waals surface area contributed by atoms with Crippen LogP contribution >= 0.6 is 0 Å². The molecule has 8 nitrogen and oxygen atoms in total. The van der Waals surface area contributed by atoms with Crippen molar-refractivity contribution >= 4 is 35.0 Å². The molecule has 2 fully saturated rings. The Labute approximate surface area is 169 Å². The second-order valence-electron chi connectivity index (χ2n) is 8.13. The van der Waals surface area contributed by atoms with E-state index in [1.54, 1.807) is 12.1 Å². The Bertz CT molecular complexity index is 856. The van der Waals surface area contributed by atoms with Crippen molar-refractivity contribution in [3.05, 3.63) is 23.8 Å². The van der Waals surface area contributed by atoms with Gasteiger partial charge in [0.15, 0.2) is 0 Å². The van der Waals surface area contributed by atoms with Gasteiger partial charge in [0.1, 0.15) is 0 Å². The summed E-state index contributed by atoms with van der Waals surface area (Å²) < 4.78 is 0. The number of anilines is 2. The number of carbonyl (C=O) groups is 4. The summed E-state index contributed by atoms with van der Waals surface area (Å²) in [6.07, 6.45) is 4.67. The van der Waals surface area contributed by atoms with Crippen LogP contribution in [-0.4, -0.2) is 48.2 Å². The van der Waals surface area contributed by atoms with E-state index in [0.29, 0.717) is 38.2 Å². The zero-order valence-electron chi connectivity index (χ0n) is 16.4. The summed E-state index contributed by atoms with van der Waals surface area (Å²) in [4.78, 5) is 52.0. The quantitative estimate of drug-likeness (QED) is 0.741. The predicted molar refractivity (Wildman–Crippen MR) is 107 cm³/mol. The summed E-state index contributed by atoms with van der Waals surface area (Å²) >= 11 is 0. The number of aryl methyl sites for hydroxylation is 1. The highest BCUT2D eigenvalue weighted by Gasteiger charge is 2.36. The second-order valence-corrected chi connectivity index (χ2v) is 8.13. The molecule has 0 aromatic heterocycles. The summed E-state index contributed by atoms with van der Waals surface area (Å²) in [5.41, 5.74) is 7.74. The molecule has 0 bridgehead atoms. The highest BCUT2D eigenvalue weighted by molar-refractivity contribution is 6.39. The van der Waals surface area contributed by atoms with Crippen LogP contribution in [0.3, 0.4) is 0 Å². The van der Waals surface area contributed by atoms with Crippen LogP contribution in [0.25, 0.3) is 0 Å². The van der Waals surface area contributed by atoms with Crippen molar-refractivity contribution in [3.8, 4) is 0 Å². The van der Waals surface area contributed by atoms with Crippen molar-refractivity contribution in [2.75, 3.05) is 29.9 Å². The molecule has 29 heavy (non-hydrogen) atoms. The number of primary amides is 1. The van der Waals surface area contributed by atoms with Crippen molar-refractivity contribution in [1.29, 1.82) is 0 Å². The molecule has 1 saturated heterocycles. The Hall–Kier alpha value is -2.90. The second kappa shape index (κ2) is 7.85. The van der Waals surface area contributed by atoms with Crippen LogP contribution in [0, 0.1) is 11.8 Å². The van der Waals surface area contributed by atoms with Gasteiger partial charge < -0.3 is 20.9 Å². The molecule has 4 amide bonds. The summed E-state index contributed by atoms with van der Waals surface area (Å²) in [5.74, 6) is -1.64. The number of piperidine rings is 1. The third-order valence-electron chi connectivity index (χ3n) is 6.03. The van der Waals surface area contributed by atoms with Gasteiger partial charge in [0.25, 0.3) is 0 Å². The fourth-order valence-electron chi connectivity index (χ4n) is 4.13. The topological polar surface area (TPSA) is 113 Å². The normalized spacial score (nSPS) is 19.4.